The Morgan fingerprint density at radius 1 is 1.28 bits per heavy atom. The second-order valence-electron chi connectivity index (χ2n) is 6.18. The molecule has 1 aliphatic rings. The van der Waals surface area contributed by atoms with Crippen LogP contribution in [0.3, 0.4) is 0 Å². The van der Waals surface area contributed by atoms with Crippen molar-refractivity contribution < 1.29 is 22.6 Å². The van der Waals surface area contributed by atoms with E-state index in [2.05, 4.69) is 15.3 Å². The molecule has 0 aliphatic carbocycles. The molecular formula is C18H22F3IN4O2S. The maximum absolute atomic E-state index is 12.6. The van der Waals surface area contributed by atoms with Gasteiger partial charge >= 0.3 is 6.18 Å². The average molecular weight is 542 g/mol. The third-order valence-corrected chi connectivity index (χ3v) is 4.97. The Labute approximate surface area is 188 Å². The van der Waals surface area contributed by atoms with Crippen molar-refractivity contribution in [2.24, 2.45) is 4.99 Å². The molecule has 3 rings (SSSR count). The molecule has 1 aromatic carbocycles. The highest BCUT2D eigenvalue weighted by Crippen LogP contribution is 2.31. The van der Waals surface area contributed by atoms with Gasteiger partial charge in [0.2, 0.25) is 0 Å². The predicted molar refractivity (Wildman–Crippen MR) is 116 cm³/mol. The van der Waals surface area contributed by atoms with Crippen LogP contribution in [-0.4, -0.2) is 49.7 Å². The van der Waals surface area contributed by atoms with Crippen molar-refractivity contribution in [3.8, 4) is 11.5 Å². The van der Waals surface area contributed by atoms with E-state index < -0.39 is 11.9 Å². The maximum Gasteiger partial charge on any atom is 0.434 e. The minimum atomic E-state index is -4.40. The Bertz CT molecular complexity index is 845. The van der Waals surface area contributed by atoms with Gasteiger partial charge in [0, 0.05) is 39.0 Å². The second kappa shape index (κ2) is 10.3. The van der Waals surface area contributed by atoms with Gasteiger partial charge in [0.1, 0.15) is 13.2 Å². The number of thiazole rings is 1. The summed E-state index contributed by atoms with van der Waals surface area (Å²) in [4.78, 5) is 9.78. The summed E-state index contributed by atoms with van der Waals surface area (Å²) < 4.78 is 48.9. The van der Waals surface area contributed by atoms with Crippen LogP contribution in [0.15, 0.2) is 28.6 Å². The molecule has 0 unspecified atom stereocenters. The number of aliphatic imine (C=N–C) groups is 1. The lowest BCUT2D eigenvalue weighted by Crippen LogP contribution is -2.39. The molecule has 0 bridgehead atoms. The summed E-state index contributed by atoms with van der Waals surface area (Å²) in [7, 11) is 3.55. The van der Waals surface area contributed by atoms with Crippen LogP contribution in [0.1, 0.15) is 16.3 Å². The molecule has 0 saturated heterocycles. The van der Waals surface area contributed by atoms with Crippen LogP contribution in [0.25, 0.3) is 0 Å². The first-order chi connectivity index (χ1) is 13.4. The van der Waals surface area contributed by atoms with Crippen molar-refractivity contribution in [2.45, 2.75) is 19.1 Å². The van der Waals surface area contributed by atoms with Crippen LogP contribution in [-0.2, 0) is 19.1 Å². The van der Waals surface area contributed by atoms with Crippen LogP contribution in [0, 0.1) is 0 Å². The van der Waals surface area contributed by atoms with Crippen molar-refractivity contribution in [3.05, 3.63) is 39.8 Å². The van der Waals surface area contributed by atoms with E-state index >= 15 is 0 Å². The largest absolute Gasteiger partial charge is 0.486 e. The molecule has 0 saturated carbocycles. The van der Waals surface area contributed by atoms with Crippen molar-refractivity contribution in [3.63, 3.8) is 0 Å². The number of alkyl halides is 3. The quantitative estimate of drug-likeness (QED) is 0.354. The van der Waals surface area contributed by atoms with E-state index in [0.29, 0.717) is 43.7 Å². The topological polar surface area (TPSA) is 59.0 Å². The Morgan fingerprint density at radius 3 is 2.66 bits per heavy atom. The number of hydrogen-bond acceptors (Lipinski definition) is 5. The van der Waals surface area contributed by atoms with Gasteiger partial charge in [-0.1, -0.05) is 6.07 Å². The molecule has 1 N–H and O–H groups in total. The molecule has 0 spiro atoms. The molecule has 160 valence electrons. The van der Waals surface area contributed by atoms with E-state index in [1.54, 1.807) is 7.05 Å². The monoisotopic (exact) mass is 542 g/mol. The van der Waals surface area contributed by atoms with Gasteiger partial charge in [-0.15, -0.1) is 35.3 Å². The van der Waals surface area contributed by atoms with Crippen LogP contribution in [0.2, 0.25) is 0 Å². The van der Waals surface area contributed by atoms with E-state index in [1.807, 2.05) is 30.1 Å². The number of benzene rings is 1. The van der Waals surface area contributed by atoms with E-state index in [9.17, 15) is 13.2 Å². The van der Waals surface area contributed by atoms with E-state index in [1.165, 1.54) is 0 Å². The lowest BCUT2D eigenvalue weighted by molar-refractivity contribution is -0.140. The molecule has 0 atom stereocenters. The Morgan fingerprint density at radius 2 is 2.00 bits per heavy atom. The maximum atomic E-state index is 12.6. The van der Waals surface area contributed by atoms with Crippen LogP contribution in [0.4, 0.5) is 13.2 Å². The molecule has 2 aromatic rings. The molecule has 0 fully saturated rings. The van der Waals surface area contributed by atoms with E-state index in [4.69, 9.17) is 9.47 Å². The van der Waals surface area contributed by atoms with Gasteiger partial charge in [-0.25, -0.2) is 4.98 Å². The fourth-order valence-corrected chi connectivity index (χ4v) is 3.56. The van der Waals surface area contributed by atoms with Crippen LogP contribution >= 0.6 is 35.3 Å². The van der Waals surface area contributed by atoms with Gasteiger partial charge in [-0.05, 0) is 17.7 Å². The van der Waals surface area contributed by atoms with Crippen molar-refractivity contribution in [1.82, 2.24) is 15.2 Å². The lowest BCUT2D eigenvalue weighted by atomic mass is 10.2. The SMILES string of the molecule is CN=C(NCCc1nc(C(F)(F)F)cs1)N(C)Cc1ccc2c(c1)OCCO2.I. The number of guanidine groups is 1. The van der Waals surface area contributed by atoms with Gasteiger partial charge in [0.15, 0.2) is 23.2 Å². The van der Waals surface area contributed by atoms with Crippen LogP contribution in [0.5, 0.6) is 11.5 Å². The molecule has 1 aromatic heterocycles. The number of halogens is 4. The van der Waals surface area contributed by atoms with Crippen molar-refractivity contribution in [2.75, 3.05) is 33.9 Å². The smallest absolute Gasteiger partial charge is 0.434 e. The molecule has 1 aliphatic heterocycles. The van der Waals surface area contributed by atoms with E-state index in [-0.39, 0.29) is 24.0 Å². The summed E-state index contributed by atoms with van der Waals surface area (Å²) in [5.41, 5.74) is 0.192. The molecule has 2 heterocycles. The first-order valence-corrected chi connectivity index (χ1v) is 9.56. The minimum Gasteiger partial charge on any atom is -0.486 e. The van der Waals surface area contributed by atoms with Gasteiger partial charge in [-0.3, -0.25) is 4.99 Å². The van der Waals surface area contributed by atoms with Gasteiger partial charge in [0.25, 0.3) is 0 Å². The Hall–Kier alpha value is -1.76. The first kappa shape index (κ1) is 23.5. The molecule has 6 nitrogen and oxygen atoms in total. The minimum absolute atomic E-state index is 0. The number of ether oxygens (including phenoxy) is 2. The van der Waals surface area contributed by atoms with Crippen molar-refractivity contribution >= 4 is 41.3 Å². The molecule has 0 radical (unpaired) electrons. The first-order valence-electron chi connectivity index (χ1n) is 8.68. The molecule has 29 heavy (non-hydrogen) atoms. The number of hydrogen-bond donors (Lipinski definition) is 1. The summed E-state index contributed by atoms with van der Waals surface area (Å²) in [5.74, 6) is 2.11. The highest BCUT2D eigenvalue weighted by molar-refractivity contribution is 14.0. The standard InChI is InChI=1S/C18H21F3N4O2S.HI/c1-22-17(23-6-5-16-24-15(11-28-16)18(19,20)21)25(2)10-12-3-4-13-14(9-12)27-8-7-26-13;/h3-4,9,11H,5-8,10H2,1-2H3,(H,22,23);1H. The normalized spacial score (nSPS) is 13.6. The van der Waals surface area contributed by atoms with Gasteiger partial charge in [-0.2, -0.15) is 13.2 Å². The second-order valence-corrected chi connectivity index (χ2v) is 7.12. The zero-order valence-electron chi connectivity index (χ0n) is 16.0. The summed E-state index contributed by atoms with van der Waals surface area (Å²) in [6, 6.07) is 5.78. The van der Waals surface area contributed by atoms with Gasteiger partial charge in [0.05, 0.1) is 5.01 Å². The molecular weight excluding hydrogens is 520 g/mol. The van der Waals surface area contributed by atoms with Crippen molar-refractivity contribution in [1.29, 1.82) is 0 Å². The fourth-order valence-electron chi connectivity index (χ4n) is 2.76. The summed E-state index contributed by atoms with van der Waals surface area (Å²) >= 11 is 1.01. The fraction of sp³-hybridized carbons (Fsp3) is 0.444. The zero-order valence-corrected chi connectivity index (χ0v) is 19.1. The average Bonchev–Trinajstić information content (AvgIpc) is 3.14. The third-order valence-electron chi connectivity index (χ3n) is 4.06. The number of aromatic nitrogens is 1. The van der Waals surface area contributed by atoms with Gasteiger partial charge < -0.3 is 19.7 Å². The summed E-state index contributed by atoms with van der Waals surface area (Å²) in [6.07, 6.45) is -4.01. The highest BCUT2D eigenvalue weighted by Gasteiger charge is 2.33. The molecule has 0 amide bonds. The Balaban J connectivity index is 0.00000300. The van der Waals surface area contributed by atoms with Crippen LogP contribution < -0.4 is 14.8 Å². The van der Waals surface area contributed by atoms with E-state index in [0.717, 1.165) is 33.8 Å². The number of rotatable bonds is 5. The number of nitrogens with one attached hydrogen (secondary N) is 1. The highest BCUT2D eigenvalue weighted by atomic mass is 127. The number of fused-ring (bicyclic) bond motifs is 1. The summed E-state index contributed by atoms with van der Waals surface area (Å²) in [6.45, 7) is 2.10. The number of nitrogens with zero attached hydrogens (tertiary/aromatic N) is 3. The third kappa shape index (κ3) is 6.36. The zero-order chi connectivity index (χ0) is 20.1. The summed E-state index contributed by atoms with van der Waals surface area (Å²) in [5, 5.41) is 4.63. The Kier molecular flexibility index (Phi) is 8.37. The predicted octanol–water partition coefficient (Wildman–Crippen LogP) is 3.80. The molecule has 11 heteroatoms. The lowest BCUT2D eigenvalue weighted by Gasteiger charge is -2.23.